The van der Waals surface area contributed by atoms with Gasteiger partial charge in [-0.1, -0.05) is 0 Å². The number of piperazine rings is 1. The lowest BCUT2D eigenvalue weighted by Crippen LogP contribution is -2.58. The Morgan fingerprint density at radius 3 is 2.70 bits per heavy atom. The number of halogens is 1. The lowest BCUT2D eigenvalue weighted by atomic mass is 9.77. The third-order valence-corrected chi connectivity index (χ3v) is 6.27. The topological polar surface area (TPSA) is 91.5 Å². The van der Waals surface area contributed by atoms with Crippen molar-refractivity contribution in [3.63, 3.8) is 0 Å². The van der Waals surface area contributed by atoms with E-state index in [1.807, 2.05) is 4.90 Å². The van der Waals surface area contributed by atoms with Crippen LogP contribution in [0, 0.1) is 6.92 Å². The maximum Gasteiger partial charge on any atom is 0.276 e. The average Bonchev–Trinajstić information content (AvgIpc) is 3.32. The van der Waals surface area contributed by atoms with Crippen molar-refractivity contribution in [1.29, 1.82) is 0 Å². The number of nitrogens with zero attached hydrogens (tertiary/aromatic N) is 6. The van der Waals surface area contributed by atoms with Crippen molar-refractivity contribution in [2.45, 2.75) is 38.4 Å². The lowest BCUT2D eigenvalue weighted by Gasteiger charge is -2.48. The quantitative estimate of drug-likeness (QED) is 0.696. The van der Waals surface area contributed by atoms with Crippen molar-refractivity contribution in [3.8, 4) is 5.95 Å². The van der Waals surface area contributed by atoms with Crippen LogP contribution in [0.2, 0.25) is 0 Å². The number of alkyl halides is 1. The Kier molecular flexibility index (Phi) is 4.28. The molecule has 0 bridgehead atoms. The van der Waals surface area contributed by atoms with Crippen molar-refractivity contribution in [3.05, 3.63) is 46.1 Å². The van der Waals surface area contributed by atoms with Crippen LogP contribution in [0.4, 0.5) is 4.39 Å². The number of fused-ring (bicyclic) bond motifs is 1. The fourth-order valence-electron chi connectivity index (χ4n) is 4.50. The van der Waals surface area contributed by atoms with Crippen LogP contribution in [-0.4, -0.2) is 78.0 Å². The Labute approximate surface area is 172 Å². The van der Waals surface area contributed by atoms with Crippen LogP contribution < -0.4 is 5.56 Å². The number of aromatic nitrogens is 5. The molecule has 2 aliphatic rings. The molecule has 9 nitrogen and oxygen atoms in total. The molecule has 1 saturated heterocycles. The highest BCUT2D eigenvalue weighted by atomic mass is 19.1. The fourth-order valence-corrected chi connectivity index (χ4v) is 4.50. The summed E-state index contributed by atoms with van der Waals surface area (Å²) in [6, 6.07) is 3.70. The summed E-state index contributed by atoms with van der Waals surface area (Å²) in [4.78, 5) is 32.1. The zero-order valence-corrected chi connectivity index (χ0v) is 17.0. The first-order valence-electron chi connectivity index (χ1n) is 10.2. The molecule has 1 aliphatic carbocycles. The number of nitrogens with one attached hydrogen (secondary N) is 1. The van der Waals surface area contributed by atoms with Gasteiger partial charge in [0.05, 0.1) is 17.5 Å². The second-order valence-electron chi connectivity index (χ2n) is 8.47. The summed E-state index contributed by atoms with van der Waals surface area (Å²) in [6.07, 6.45) is 4.35. The number of H-pyrrole nitrogens is 1. The van der Waals surface area contributed by atoms with E-state index in [1.54, 1.807) is 32.2 Å². The van der Waals surface area contributed by atoms with E-state index in [0.717, 1.165) is 13.1 Å². The van der Waals surface area contributed by atoms with Gasteiger partial charge in [-0.25, -0.2) is 13.6 Å². The van der Waals surface area contributed by atoms with Crippen LogP contribution in [0.3, 0.4) is 0 Å². The van der Waals surface area contributed by atoms with Crippen molar-refractivity contribution in [1.82, 2.24) is 34.2 Å². The first kappa shape index (κ1) is 19.0. The fraction of sp³-hybridized carbons (Fsp3) is 0.500. The normalized spacial score (nSPS) is 24.9. The molecule has 0 spiro atoms. The van der Waals surface area contributed by atoms with Gasteiger partial charge in [-0.15, -0.1) is 5.10 Å². The average molecular weight is 413 g/mol. The highest BCUT2D eigenvalue weighted by molar-refractivity contribution is 5.95. The molecule has 1 saturated carbocycles. The third-order valence-electron chi connectivity index (χ3n) is 6.27. The molecular formula is C20H24FN7O2. The zero-order chi connectivity index (χ0) is 21.0. The van der Waals surface area contributed by atoms with Crippen molar-refractivity contribution < 1.29 is 9.18 Å². The molecule has 5 rings (SSSR count). The molecule has 4 heterocycles. The molecule has 0 radical (unpaired) electrons. The monoisotopic (exact) mass is 413 g/mol. The van der Waals surface area contributed by atoms with Crippen LogP contribution in [0.25, 0.3) is 11.5 Å². The molecular weight excluding hydrogens is 389 g/mol. The molecule has 2 fully saturated rings. The van der Waals surface area contributed by atoms with Crippen molar-refractivity contribution in [2.75, 3.05) is 26.2 Å². The van der Waals surface area contributed by atoms with Crippen LogP contribution in [0.15, 0.2) is 29.3 Å². The Morgan fingerprint density at radius 1 is 1.27 bits per heavy atom. The van der Waals surface area contributed by atoms with Crippen LogP contribution in [-0.2, 0) is 0 Å². The molecule has 30 heavy (non-hydrogen) atoms. The van der Waals surface area contributed by atoms with Gasteiger partial charge in [0, 0.05) is 38.4 Å². The van der Waals surface area contributed by atoms with Gasteiger partial charge in [0.2, 0.25) is 5.95 Å². The maximum absolute atomic E-state index is 13.8. The molecule has 1 aliphatic heterocycles. The maximum atomic E-state index is 13.8. The predicted octanol–water partition coefficient (Wildman–Crippen LogP) is 1.17. The van der Waals surface area contributed by atoms with E-state index >= 15 is 0 Å². The van der Waals surface area contributed by atoms with E-state index < -0.39 is 5.67 Å². The van der Waals surface area contributed by atoms with Crippen LogP contribution in [0.5, 0.6) is 0 Å². The number of aromatic amines is 1. The standard InChI is InChI=1S/C20H24FN7O2/c1-13-15(12-22-28(13)19-23-17(29)16-4-3-5-27(16)24-19)18(30)26-8-6-25(7-9-26)14-10-20(2,21)11-14/h3-5,12,14H,6-11H2,1-2H3,(H,23,24,29). The van der Waals surface area contributed by atoms with Gasteiger partial charge in [0.25, 0.3) is 11.5 Å². The molecule has 0 aromatic carbocycles. The van der Waals surface area contributed by atoms with E-state index in [2.05, 4.69) is 20.1 Å². The van der Waals surface area contributed by atoms with E-state index in [1.165, 1.54) is 15.4 Å². The highest BCUT2D eigenvalue weighted by Crippen LogP contribution is 2.39. The smallest absolute Gasteiger partial charge is 0.276 e. The molecule has 158 valence electrons. The number of hydrogen-bond acceptors (Lipinski definition) is 5. The molecule has 1 N–H and O–H groups in total. The first-order chi connectivity index (χ1) is 14.3. The number of hydrogen-bond donors (Lipinski definition) is 1. The van der Waals surface area contributed by atoms with Gasteiger partial charge in [0.1, 0.15) is 11.2 Å². The molecule has 3 aromatic heterocycles. The molecule has 1 amide bonds. The third kappa shape index (κ3) is 3.11. The SMILES string of the molecule is Cc1c(C(=O)N2CCN(C3CC(C)(F)C3)CC2)cnn1-c1nn2cccc2c(=O)[nH]1. The van der Waals surface area contributed by atoms with Gasteiger partial charge in [-0.2, -0.15) is 5.10 Å². The summed E-state index contributed by atoms with van der Waals surface area (Å²) < 4.78 is 16.7. The van der Waals surface area contributed by atoms with E-state index in [-0.39, 0.29) is 23.5 Å². The Bertz CT molecular complexity index is 1160. The number of carbonyl (C=O) groups is 1. The summed E-state index contributed by atoms with van der Waals surface area (Å²) in [5.41, 5.74) is 0.228. The van der Waals surface area contributed by atoms with Crippen LogP contribution >= 0.6 is 0 Å². The molecule has 3 aromatic rings. The number of carbonyl (C=O) groups excluding carboxylic acids is 1. The number of rotatable bonds is 3. The molecule has 0 atom stereocenters. The summed E-state index contributed by atoms with van der Waals surface area (Å²) in [6.45, 7) is 6.14. The molecule has 0 unspecified atom stereocenters. The first-order valence-corrected chi connectivity index (χ1v) is 10.2. The van der Waals surface area contributed by atoms with Gasteiger partial charge < -0.3 is 4.90 Å². The summed E-state index contributed by atoms with van der Waals surface area (Å²) in [5, 5.41) is 8.66. The predicted molar refractivity (Wildman–Crippen MR) is 108 cm³/mol. The second-order valence-corrected chi connectivity index (χ2v) is 8.47. The largest absolute Gasteiger partial charge is 0.336 e. The summed E-state index contributed by atoms with van der Waals surface area (Å²) >= 11 is 0. The van der Waals surface area contributed by atoms with Crippen molar-refractivity contribution >= 4 is 11.4 Å². The second kappa shape index (κ2) is 6.76. The minimum atomic E-state index is -1.04. The minimum absolute atomic E-state index is 0.0910. The van der Waals surface area contributed by atoms with E-state index in [9.17, 15) is 14.0 Å². The van der Waals surface area contributed by atoms with Crippen molar-refractivity contribution in [2.24, 2.45) is 0 Å². The van der Waals surface area contributed by atoms with Gasteiger partial charge in [0.15, 0.2) is 0 Å². The van der Waals surface area contributed by atoms with E-state index in [0.29, 0.717) is 42.7 Å². The number of amides is 1. The Hall–Kier alpha value is -3.01. The zero-order valence-electron chi connectivity index (χ0n) is 17.0. The summed E-state index contributed by atoms with van der Waals surface area (Å²) in [7, 11) is 0. The van der Waals surface area contributed by atoms with Gasteiger partial charge in [-0.3, -0.25) is 19.5 Å². The van der Waals surface area contributed by atoms with Gasteiger partial charge in [-0.05, 0) is 38.8 Å². The van der Waals surface area contributed by atoms with Gasteiger partial charge >= 0.3 is 0 Å². The lowest BCUT2D eigenvalue weighted by molar-refractivity contribution is -0.0308. The molecule has 10 heteroatoms. The summed E-state index contributed by atoms with van der Waals surface area (Å²) in [5.74, 6) is 0.163. The Balaban J connectivity index is 1.31. The Morgan fingerprint density at radius 2 is 2.00 bits per heavy atom. The van der Waals surface area contributed by atoms with E-state index in [4.69, 9.17) is 0 Å². The van der Waals surface area contributed by atoms with Crippen LogP contribution in [0.1, 0.15) is 35.8 Å². The minimum Gasteiger partial charge on any atom is -0.336 e. The highest BCUT2D eigenvalue weighted by Gasteiger charge is 2.44.